The van der Waals surface area contributed by atoms with Gasteiger partial charge in [-0.3, -0.25) is 4.79 Å². The number of anilines is 2. The lowest BCUT2D eigenvalue weighted by atomic mass is 10.2. The van der Waals surface area contributed by atoms with Crippen molar-refractivity contribution in [2.45, 2.75) is 13.5 Å². The highest BCUT2D eigenvalue weighted by molar-refractivity contribution is 5.91. The van der Waals surface area contributed by atoms with Crippen LogP contribution < -0.4 is 29.6 Å². The molecule has 0 aliphatic carbocycles. The van der Waals surface area contributed by atoms with E-state index >= 15 is 0 Å². The first-order chi connectivity index (χ1) is 15.6. The van der Waals surface area contributed by atoms with Gasteiger partial charge in [-0.25, -0.2) is 0 Å². The molecule has 7 heteroatoms. The number of methoxy groups -OCH3 is 1. The maximum atomic E-state index is 12.2. The van der Waals surface area contributed by atoms with E-state index in [-0.39, 0.29) is 12.5 Å². The van der Waals surface area contributed by atoms with Crippen molar-refractivity contribution < 1.29 is 23.7 Å². The molecule has 1 aliphatic rings. The van der Waals surface area contributed by atoms with Gasteiger partial charge < -0.3 is 29.6 Å². The summed E-state index contributed by atoms with van der Waals surface area (Å²) in [6.07, 6.45) is 0. The zero-order chi connectivity index (χ0) is 22.3. The van der Waals surface area contributed by atoms with Gasteiger partial charge in [0.25, 0.3) is 5.91 Å². The molecule has 3 aromatic carbocycles. The zero-order valence-electron chi connectivity index (χ0n) is 18.1. The van der Waals surface area contributed by atoms with Gasteiger partial charge in [-0.2, -0.15) is 0 Å². The van der Waals surface area contributed by atoms with Crippen LogP contribution in [0.2, 0.25) is 0 Å². The Morgan fingerprint density at radius 2 is 1.66 bits per heavy atom. The van der Waals surface area contributed by atoms with Crippen LogP contribution in [0.3, 0.4) is 0 Å². The van der Waals surface area contributed by atoms with E-state index in [4.69, 9.17) is 18.9 Å². The van der Waals surface area contributed by atoms with Gasteiger partial charge in [-0.1, -0.05) is 23.8 Å². The van der Waals surface area contributed by atoms with E-state index in [0.717, 1.165) is 34.0 Å². The van der Waals surface area contributed by atoms with Crippen molar-refractivity contribution in [3.05, 3.63) is 71.8 Å². The fourth-order valence-electron chi connectivity index (χ4n) is 3.28. The summed E-state index contributed by atoms with van der Waals surface area (Å²) < 4.78 is 22.3. The Bertz CT molecular complexity index is 1080. The molecule has 0 unspecified atom stereocenters. The Kier molecular flexibility index (Phi) is 6.65. The van der Waals surface area contributed by atoms with E-state index < -0.39 is 0 Å². The van der Waals surface area contributed by atoms with Crippen molar-refractivity contribution in [3.63, 3.8) is 0 Å². The maximum absolute atomic E-state index is 12.2. The van der Waals surface area contributed by atoms with Crippen LogP contribution in [-0.4, -0.2) is 32.8 Å². The second kappa shape index (κ2) is 9.96. The van der Waals surface area contributed by atoms with Crippen molar-refractivity contribution in [2.75, 3.05) is 37.6 Å². The summed E-state index contributed by atoms with van der Waals surface area (Å²) in [7, 11) is 1.58. The Morgan fingerprint density at radius 3 is 2.44 bits per heavy atom. The van der Waals surface area contributed by atoms with E-state index in [9.17, 15) is 4.79 Å². The maximum Gasteiger partial charge on any atom is 0.262 e. The average Bonchev–Trinajstić information content (AvgIpc) is 2.83. The highest BCUT2D eigenvalue weighted by atomic mass is 16.6. The number of amides is 1. The van der Waals surface area contributed by atoms with Crippen molar-refractivity contribution in [2.24, 2.45) is 0 Å². The highest BCUT2D eigenvalue weighted by Gasteiger charge is 2.12. The molecule has 0 saturated carbocycles. The molecule has 2 N–H and O–H groups in total. The highest BCUT2D eigenvalue weighted by Crippen LogP contribution is 2.33. The molecule has 0 radical (unpaired) electrons. The average molecular weight is 434 g/mol. The van der Waals surface area contributed by atoms with Crippen LogP contribution in [-0.2, 0) is 11.3 Å². The number of carbonyl (C=O) groups is 1. The lowest BCUT2D eigenvalue weighted by Crippen LogP contribution is -2.20. The Labute approximate surface area is 187 Å². The topological polar surface area (TPSA) is 78.1 Å². The Hall–Kier alpha value is -3.87. The van der Waals surface area contributed by atoms with E-state index in [1.165, 1.54) is 0 Å². The summed E-state index contributed by atoms with van der Waals surface area (Å²) in [5.74, 6) is 2.34. The molecule has 0 fully saturated rings. The predicted molar refractivity (Wildman–Crippen MR) is 123 cm³/mol. The number of hydrogen-bond acceptors (Lipinski definition) is 6. The SMILES string of the molecule is COc1cc(CNc2ccc3c(c2)OCCO3)ccc1OCC(=O)Nc1ccc(C)cc1. The normalized spacial score (nSPS) is 12.1. The third kappa shape index (κ3) is 5.43. The lowest BCUT2D eigenvalue weighted by Gasteiger charge is -2.19. The van der Waals surface area contributed by atoms with Crippen molar-refractivity contribution >= 4 is 17.3 Å². The molecule has 0 bridgehead atoms. The monoisotopic (exact) mass is 434 g/mol. The van der Waals surface area contributed by atoms with Crippen LogP contribution in [0.1, 0.15) is 11.1 Å². The van der Waals surface area contributed by atoms with Gasteiger partial charge in [-0.15, -0.1) is 0 Å². The molecule has 0 aromatic heterocycles. The minimum atomic E-state index is -0.236. The van der Waals surface area contributed by atoms with Crippen LogP contribution in [0.15, 0.2) is 60.7 Å². The molecular formula is C25H26N2O5. The minimum absolute atomic E-state index is 0.112. The van der Waals surface area contributed by atoms with Crippen LogP contribution in [0.5, 0.6) is 23.0 Å². The summed E-state index contributed by atoms with van der Waals surface area (Å²) in [4.78, 5) is 12.2. The summed E-state index contributed by atoms with van der Waals surface area (Å²) in [5, 5.41) is 6.18. The quantitative estimate of drug-likeness (QED) is 0.547. The molecular weight excluding hydrogens is 408 g/mol. The van der Waals surface area contributed by atoms with Gasteiger partial charge >= 0.3 is 0 Å². The first-order valence-corrected chi connectivity index (χ1v) is 10.4. The second-order valence-corrected chi connectivity index (χ2v) is 7.40. The fraction of sp³-hybridized carbons (Fsp3) is 0.240. The summed E-state index contributed by atoms with van der Waals surface area (Å²) >= 11 is 0. The summed E-state index contributed by atoms with van der Waals surface area (Å²) in [6.45, 7) is 3.60. The molecule has 7 nitrogen and oxygen atoms in total. The van der Waals surface area contributed by atoms with Crippen LogP contribution in [0.4, 0.5) is 11.4 Å². The van der Waals surface area contributed by atoms with Gasteiger partial charge in [0, 0.05) is 24.0 Å². The van der Waals surface area contributed by atoms with E-state index in [0.29, 0.717) is 31.3 Å². The largest absolute Gasteiger partial charge is 0.493 e. The van der Waals surface area contributed by atoms with Gasteiger partial charge in [-0.05, 0) is 48.9 Å². The number of ether oxygens (including phenoxy) is 4. The number of carbonyl (C=O) groups excluding carboxylic acids is 1. The Balaban J connectivity index is 1.33. The standard InChI is InChI=1S/C25H26N2O5/c1-17-3-6-19(7-4-17)27-25(28)16-32-21-9-5-18(13-23(21)29-2)15-26-20-8-10-22-24(14-20)31-12-11-30-22/h3-10,13-14,26H,11-12,15-16H2,1-2H3,(H,27,28). The molecule has 1 aliphatic heterocycles. The third-order valence-corrected chi connectivity index (χ3v) is 4.96. The zero-order valence-corrected chi connectivity index (χ0v) is 18.1. The number of aryl methyl sites for hydroxylation is 1. The smallest absolute Gasteiger partial charge is 0.262 e. The first-order valence-electron chi connectivity index (χ1n) is 10.4. The van der Waals surface area contributed by atoms with Crippen LogP contribution in [0.25, 0.3) is 0 Å². The molecule has 4 rings (SSSR count). The van der Waals surface area contributed by atoms with Gasteiger partial charge in [0.2, 0.25) is 0 Å². The van der Waals surface area contributed by atoms with E-state index in [2.05, 4.69) is 10.6 Å². The van der Waals surface area contributed by atoms with Crippen LogP contribution >= 0.6 is 0 Å². The molecule has 0 atom stereocenters. The fourth-order valence-corrected chi connectivity index (χ4v) is 3.28. The van der Waals surface area contributed by atoms with E-state index in [1.54, 1.807) is 13.2 Å². The second-order valence-electron chi connectivity index (χ2n) is 7.40. The van der Waals surface area contributed by atoms with E-state index in [1.807, 2.05) is 61.5 Å². The summed E-state index contributed by atoms with van der Waals surface area (Å²) in [5.41, 5.74) is 3.80. The van der Waals surface area contributed by atoms with Crippen molar-refractivity contribution in [1.29, 1.82) is 0 Å². The third-order valence-electron chi connectivity index (χ3n) is 4.96. The molecule has 1 heterocycles. The molecule has 0 saturated heterocycles. The van der Waals surface area contributed by atoms with Gasteiger partial charge in [0.15, 0.2) is 29.6 Å². The van der Waals surface area contributed by atoms with Crippen LogP contribution in [0, 0.1) is 6.92 Å². The number of hydrogen-bond donors (Lipinski definition) is 2. The van der Waals surface area contributed by atoms with Gasteiger partial charge in [0.05, 0.1) is 7.11 Å². The molecule has 3 aromatic rings. The minimum Gasteiger partial charge on any atom is -0.493 e. The predicted octanol–water partition coefficient (Wildman–Crippen LogP) is 4.40. The molecule has 166 valence electrons. The van der Waals surface area contributed by atoms with Crippen molar-refractivity contribution in [1.82, 2.24) is 0 Å². The Morgan fingerprint density at radius 1 is 0.906 bits per heavy atom. The molecule has 1 amide bonds. The number of benzene rings is 3. The van der Waals surface area contributed by atoms with Gasteiger partial charge in [0.1, 0.15) is 13.2 Å². The number of rotatable bonds is 8. The number of fused-ring (bicyclic) bond motifs is 1. The number of nitrogens with one attached hydrogen (secondary N) is 2. The summed E-state index contributed by atoms with van der Waals surface area (Å²) in [6, 6.07) is 19.0. The molecule has 0 spiro atoms. The first kappa shape index (κ1) is 21.4. The molecule has 32 heavy (non-hydrogen) atoms. The van der Waals surface area contributed by atoms with Crippen molar-refractivity contribution in [3.8, 4) is 23.0 Å². The lowest BCUT2D eigenvalue weighted by molar-refractivity contribution is -0.118.